The second-order valence-electron chi connectivity index (χ2n) is 4.85. The molecular weight excluding hydrogens is 329 g/mol. The molecule has 0 bridgehead atoms. The monoisotopic (exact) mass is 343 g/mol. The lowest BCUT2D eigenvalue weighted by Gasteiger charge is -2.15. The molecule has 0 spiro atoms. The zero-order valence-corrected chi connectivity index (χ0v) is 13.5. The summed E-state index contributed by atoms with van der Waals surface area (Å²) in [6.07, 6.45) is 2.70. The molecule has 1 heterocycles. The number of nitrogens with one attached hydrogen (secondary N) is 1. The number of anilines is 1. The summed E-state index contributed by atoms with van der Waals surface area (Å²) in [6, 6.07) is 7.00. The average molecular weight is 344 g/mol. The van der Waals surface area contributed by atoms with Crippen LogP contribution in [-0.2, 0) is 12.8 Å². The van der Waals surface area contributed by atoms with E-state index in [1.165, 1.54) is 16.2 Å². The molecule has 2 aromatic rings. The Morgan fingerprint density at radius 3 is 2.81 bits per heavy atom. The predicted molar refractivity (Wildman–Crippen MR) is 88.8 cm³/mol. The first-order chi connectivity index (χ1) is 9.61. The van der Waals surface area contributed by atoms with Crippen molar-refractivity contribution in [1.82, 2.24) is 4.98 Å². The number of fused-ring (bicyclic) bond motifs is 1. The Balaban J connectivity index is 0.00000161. The molecule has 0 radical (unpaired) electrons. The van der Waals surface area contributed by atoms with Gasteiger partial charge in [0, 0.05) is 21.5 Å². The topological polar surface area (TPSA) is 68.0 Å². The number of amides is 1. The maximum Gasteiger partial charge on any atom is 0.257 e. The lowest BCUT2D eigenvalue weighted by Crippen LogP contribution is -2.27. The number of aromatic nitrogens is 1. The molecule has 1 aliphatic rings. The van der Waals surface area contributed by atoms with Gasteiger partial charge in [0.2, 0.25) is 0 Å². The van der Waals surface area contributed by atoms with Gasteiger partial charge in [-0.05, 0) is 43.5 Å². The third-order valence-electron chi connectivity index (χ3n) is 3.30. The van der Waals surface area contributed by atoms with Gasteiger partial charge in [-0.15, -0.1) is 23.7 Å². The highest BCUT2D eigenvalue weighted by Gasteiger charge is 2.20. The standard InChI is InChI=1S/C14H14ClN3OS.ClH/c15-9-3-1-8(2-4-9)13(19)18-14-17-11-6-5-10(16)7-12(11)20-14;/h1-4,10H,5-7,16H2,(H,17,18,19);1H/t10-;/m0./s1. The molecule has 1 aromatic carbocycles. The Bertz CT molecular complexity index is 642. The Morgan fingerprint density at radius 1 is 1.38 bits per heavy atom. The second-order valence-corrected chi connectivity index (χ2v) is 6.37. The summed E-state index contributed by atoms with van der Waals surface area (Å²) in [5.74, 6) is -0.169. The van der Waals surface area contributed by atoms with Gasteiger partial charge >= 0.3 is 0 Å². The van der Waals surface area contributed by atoms with Crippen molar-refractivity contribution in [1.29, 1.82) is 0 Å². The fourth-order valence-electron chi connectivity index (χ4n) is 2.22. The first kappa shape index (κ1) is 16.2. The normalized spacial score (nSPS) is 16.8. The van der Waals surface area contributed by atoms with Crippen molar-refractivity contribution in [3.63, 3.8) is 0 Å². The largest absolute Gasteiger partial charge is 0.327 e. The molecule has 21 heavy (non-hydrogen) atoms. The Hall–Kier alpha value is -1.14. The fourth-order valence-corrected chi connectivity index (χ4v) is 3.45. The molecule has 0 aliphatic heterocycles. The van der Waals surface area contributed by atoms with E-state index in [1.807, 2.05) is 0 Å². The minimum absolute atomic E-state index is 0. The Kier molecular flexibility index (Phi) is 5.22. The summed E-state index contributed by atoms with van der Waals surface area (Å²) in [4.78, 5) is 17.8. The van der Waals surface area contributed by atoms with E-state index >= 15 is 0 Å². The van der Waals surface area contributed by atoms with Gasteiger partial charge in [0.25, 0.3) is 5.91 Å². The molecule has 3 rings (SSSR count). The number of carbonyl (C=O) groups excluding carboxylic acids is 1. The molecule has 3 N–H and O–H groups in total. The molecule has 0 unspecified atom stereocenters. The van der Waals surface area contributed by atoms with Crippen LogP contribution in [0.3, 0.4) is 0 Å². The molecule has 4 nitrogen and oxygen atoms in total. The van der Waals surface area contributed by atoms with Gasteiger partial charge in [-0.1, -0.05) is 11.6 Å². The van der Waals surface area contributed by atoms with E-state index in [4.69, 9.17) is 17.3 Å². The number of nitrogens with zero attached hydrogens (tertiary/aromatic N) is 1. The SMILES string of the molecule is Cl.N[C@H]1CCc2nc(NC(=O)c3ccc(Cl)cc3)sc2C1. The van der Waals surface area contributed by atoms with Crippen LogP contribution >= 0.6 is 35.3 Å². The maximum absolute atomic E-state index is 12.1. The summed E-state index contributed by atoms with van der Waals surface area (Å²) in [5.41, 5.74) is 7.59. The number of benzene rings is 1. The molecule has 112 valence electrons. The number of hydrogen-bond acceptors (Lipinski definition) is 4. The Labute approximate surface area is 138 Å². The molecule has 0 fully saturated rings. The van der Waals surface area contributed by atoms with E-state index in [0.717, 1.165) is 25.0 Å². The third-order valence-corrected chi connectivity index (χ3v) is 4.59. The molecule has 0 saturated heterocycles. The van der Waals surface area contributed by atoms with Crippen LogP contribution in [0.5, 0.6) is 0 Å². The van der Waals surface area contributed by atoms with Gasteiger partial charge in [-0.3, -0.25) is 10.1 Å². The van der Waals surface area contributed by atoms with Crippen LogP contribution < -0.4 is 11.1 Å². The van der Waals surface area contributed by atoms with Gasteiger partial charge in [0.05, 0.1) is 5.69 Å². The van der Waals surface area contributed by atoms with Crippen LogP contribution in [-0.4, -0.2) is 16.9 Å². The first-order valence-electron chi connectivity index (χ1n) is 6.43. The van der Waals surface area contributed by atoms with Crippen LogP contribution in [0.2, 0.25) is 5.02 Å². The predicted octanol–water partition coefficient (Wildman–Crippen LogP) is 3.29. The van der Waals surface area contributed by atoms with Gasteiger partial charge in [-0.25, -0.2) is 4.98 Å². The highest BCUT2D eigenvalue weighted by molar-refractivity contribution is 7.15. The van der Waals surface area contributed by atoms with Crippen molar-refractivity contribution in [2.75, 3.05) is 5.32 Å². The van der Waals surface area contributed by atoms with Crippen molar-refractivity contribution < 1.29 is 4.79 Å². The second kappa shape index (κ2) is 6.75. The number of halogens is 2. The lowest BCUT2D eigenvalue weighted by molar-refractivity contribution is 0.102. The lowest BCUT2D eigenvalue weighted by atomic mass is 9.99. The van der Waals surface area contributed by atoms with E-state index in [-0.39, 0.29) is 24.4 Å². The molecule has 0 saturated carbocycles. The highest BCUT2D eigenvalue weighted by Crippen LogP contribution is 2.29. The van der Waals surface area contributed by atoms with Crippen molar-refractivity contribution in [3.8, 4) is 0 Å². The quantitative estimate of drug-likeness (QED) is 0.878. The van der Waals surface area contributed by atoms with Crippen molar-refractivity contribution >= 4 is 46.4 Å². The number of hydrogen-bond donors (Lipinski definition) is 2. The Morgan fingerprint density at radius 2 is 2.10 bits per heavy atom. The van der Waals surface area contributed by atoms with Crippen LogP contribution in [0, 0.1) is 0 Å². The van der Waals surface area contributed by atoms with Gasteiger partial charge < -0.3 is 5.73 Å². The number of nitrogens with two attached hydrogens (primary N) is 1. The van der Waals surface area contributed by atoms with Crippen LogP contribution in [0.4, 0.5) is 5.13 Å². The van der Waals surface area contributed by atoms with Gasteiger partial charge in [0.15, 0.2) is 5.13 Å². The van der Waals surface area contributed by atoms with Gasteiger partial charge in [0.1, 0.15) is 0 Å². The van der Waals surface area contributed by atoms with E-state index in [2.05, 4.69) is 10.3 Å². The van der Waals surface area contributed by atoms with Gasteiger partial charge in [-0.2, -0.15) is 0 Å². The molecule has 1 atom stereocenters. The zero-order valence-electron chi connectivity index (χ0n) is 11.1. The van der Waals surface area contributed by atoms with E-state index < -0.39 is 0 Å². The number of carbonyl (C=O) groups is 1. The molecular formula is C14H15Cl2N3OS. The molecule has 1 amide bonds. The number of aryl methyl sites for hydroxylation is 1. The third kappa shape index (κ3) is 3.74. The highest BCUT2D eigenvalue weighted by atomic mass is 35.5. The van der Waals surface area contributed by atoms with Crippen molar-refractivity contribution in [2.24, 2.45) is 5.73 Å². The zero-order chi connectivity index (χ0) is 14.1. The molecule has 7 heteroatoms. The van der Waals surface area contributed by atoms with Crippen LogP contribution in [0.25, 0.3) is 0 Å². The fraction of sp³-hybridized carbons (Fsp3) is 0.286. The number of rotatable bonds is 2. The van der Waals surface area contributed by atoms with Crippen LogP contribution in [0.1, 0.15) is 27.3 Å². The summed E-state index contributed by atoms with van der Waals surface area (Å²) < 4.78 is 0. The first-order valence-corrected chi connectivity index (χ1v) is 7.62. The minimum Gasteiger partial charge on any atom is -0.327 e. The average Bonchev–Trinajstić information content (AvgIpc) is 2.80. The summed E-state index contributed by atoms with van der Waals surface area (Å²) in [7, 11) is 0. The molecule has 1 aromatic heterocycles. The summed E-state index contributed by atoms with van der Waals surface area (Å²) >= 11 is 7.32. The minimum atomic E-state index is -0.169. The summed E-state index contributed by atoms with van der Waals surface area (Å²) in [5, 5.41) is 4.09. The number of thiazole rings is 1. The maximum atomic E-state index is 12.1. The van der Waals surface area contributed by atoms with E-state index in [0.29, 0.717) is 15.7 Å². The van der Waals surface area contributed by atoms with E-state index in [9.17, 15) is 4.79 Å². The van der Waals surface area contributed by atoms with Crippen molar-refractivity contribution in [3.05, 3.63) is 45.4 Å². The van der Waals surface area contributed by atoms with Crippen molar-refractivity contribution in [2.45, 2.75) is 25.3 Å². The summed E-state index contributed by atoms with van der Waals surface area (Å²) in [6.45, 7) is 0. The molecule has 1 aliphatic carbocycles. The smallest absolute Gasteiger partial charge is 0.257 e. The van der Waals surface area contributed by atoms with Crippen LogP contribution in [0.15, 0.2) is 24.3 Å². The van der Waals surface area contributed by atoms with E-state index in [1.54, 1.807) is 24.3 Å².